The lowest BCUT2D eigenvalue weighted by molar-refractivity contribution is -0.114. The number of halogens is 2. The Labute approximate surface area is 191 Å². The van der Waals surface area contributed by atoms with E-state index < -0.39 is 0 Å². The summed E-state index contributed by atoms with van der Waals surface area (Å²) < 4.78 is 0. The van der Waals surface area contributed by atoms with Gasteiger partial charge in [-0.2, -0.15) is 0 Å². The SMILES string of the molecule is CN1C/C(=C\c2ccc(NC(=O)CCl)cc2)C(=O)/C(=C/c2ccc(C(=O)CCl)cc2)C1. The minimum Gasteiger partial charge on any atom is -0.325 e. The minimum absolute atomic E-state index is 0.00136. The fourth-order valence-corrected chi connectivity index (χ4v) is 3.53. The van der Waals surface area contributed by atoms with Crippen molar-refractivity contribution in [3.05, 3.63) is 76.4 Å². The fraction of sp³-hybridized carbons (Fsp3) is 0.208. The average molecular weight is 457 g/mol. The average Bonchev–Trinajstić information content (AvgIpc) is 2.78. The number of piperidine rings is 1. The van der Waals surface area contributed by atoms with Gasteiger partial charge in [-0.1, -0.05) is 36.4 Å². The number of carbonyl (C=O) groups is 3. The summed E-state index contributed by atoms with van der Waals surface area (Å²) in [5, 5.41) is 2.68. The van der Waals surface area contributed by atoms with Gasteiger partial charge in [-0.15, -0.1) is 23.2 Å². The van der Waals surface area contributed by atoms with E-state index in [-0.39, 0.29) is 29.2 Å². The Bertz CT molecular complexity index is 1040. The monoisotopic (exact) mass is 456 g/mol. The minimum atomic E-state index is -0.272. The second kappa shape index (κ2) is 10.5. The molecule has 160 valence electrons. The van der Waals surface area contributed by atoms with Crippen molar-refractivity contribution < 1.29 is 14.4 Å². The fourth-order valence-electron chi connectivity index (χ4n) is 3.31. The topological polar surface area (TPSA) is 66.5 Å². The molecule has 0 bridgehead atoms. The summed E-state index contributed by atoms with van der Waals surface area (Å²) in [5.74, 6) is -0.566. The number of nitrogens with zero attached hydrogens (tertiary/aromatic N) is 1. The van der Waals surface area contributed by atoms with Crippen LogP contribution in [0.5, 0.6) is 0 Å². The third kappa shape index (κ3) is 6.14. The number of nitrogens with one attached hydrogen (secondary N) is 1. The van der Waals surface area contributed by atoms with Crippen molar-refractivity contribution >= 4 is 58.5 Å². The Balaban J connectivity index is 1.80. The van der Waals surface area contributed by atoms with E-state index in [0.717, 1.165) is 11.1 Å². The van der Waals surface area contributed by atoms with Crippen LogP contribution in [0.4, 0.5) is 5.69 Å². The first-order valence-corrected chi connectivity index (χ1v) is 10.8. The van der Waals surface area contributed by atoms with Gasteiger partial charge in [0.1, 0.15) is 5.88 Å². The van der Waals surface area contributed by atoms with E-state index in [1.165, 1.54) is 0 Å². The standard InChI is InChI=1S/C24H22Cl2N2O3/c1-28-14-19(10-16-2-6-18(7-3-16)22(29)12-25)24(31)20(15-28)11-17-4-8-21(9-5-17)27-23(30)13-26/h2-11H,12-15H2,1H3,(H,27,30)/b19-10+,20-11+. The molecule has 1 amide bonds. The third-order valence-electron chi connectivity index (χ3n) is 4.82. The Morgan fingerprint density at radius 3 is 1.90 bits per heavy atom. The van der Waals surface area contributed by atoms with Crippen molar-refractivity contribution in [1.82, 2.24) is 4.90 Å². The van der Waals surface area contributed by atoms with Crippen LogP contribution in [0, 0.1) is 0 Å². The van der Waals surface area contributed by atoms with Crippen LogP contribution >= 0.6 is 23.2 Å². The molecule has 1 heterocycles. The predicted molar refractivity (Wildman–Crippen MR) is 126 cm³/mol. The van der Waals surface area contributed by atoms with Crippen LogP contribution in [0.2, 0.25) is 0 Å². The van der Waals surface area contributed by atoms with Crippen molar-refractivity contribution in [1.29, 1.82) is 0 Å². The second-order valence-corrected chi connectivity index (χ2v) is 7.86. The van der Waals surface area contributed by atoms with E-state index in [1.807, 2.05) is 43.5 Å². The summed E-state index contributed by atoms with van der Waals surface area (Å²) in [4.78, 5) is 38.2. The lowest BCUT2D eigenvalue weighted by Crippen LogP contribution is -2.34. The number of amides is 1. The van der Waals surface area contributed by atoms with E-state index in [1.54, 1.807) is 24.3 Å². The molecule has 31 heavy (non-hydrogen) atoms. The van der Waals surface area contributed by atoms with Crippen LogP contribution in [0.1, 0.15) is 21.5 Å². The second-order valence-electron chi connectivity index (χ2n) is 7.32. The van der Waals surface area contributed by atoms with Crippen molar-refractivity contribution in [2.24, 2.45) is 0 Å². The van der Waals surface area contributed by atoms with Crippen molar-refractivity contribution in [3.8, 4) is 0 Å². The first-order chi connectivity index (χ1) is 14.9. The number of anilines is 1. The Morgan fingerprint density at radius 2 is 1.42 bits per heavy atom. The molecule has 0 aromatic heterocycles. The third-order valence-corrected chi connectivity index (χ3v) is 5.30. The van der Waals surface area contributed by atoms with Crippen molar-refractivity contribution in [3.63, 3.8) is 0 Å². The maximum Gasteiger partial charge on any atom is 0.239 e. The van der Waals surface area contributed by atoms with Crippen molar-refractivity contribution in [2.45, 2.75) is 0 Å². The number of alkyl halides is 2. The lowest BCUT2D eigenvalue weighted by atomic mass is 9.94. The van der Waals surface area contributed by atoms with Gasteiger partial charge in [0.25, 0.3) is 0 Å². The largest absolute Gasteiger partial charge is 0.325 e. The first-order valence-electron chi connectivity index (χ1n) is 9.69. The number of ketones is 2. The van der Waals surface area contributed by atoms with Gasteiger partial charge in [-0.3, -0.25) is 19.3 Å². The summed E-state index contributed by atoms with van der Waals surface area (Å²) in [6.45, 7) is 1.09. The number of hydrogen-bond acceptors (Lipinski definition) is 4. The van der Waals surface area contributed by atoms with Gasteiger partial charge in [0.05, 0.1) is 5.88 Å². The highest BCUT2D eigenvalue weighted by molar-refractivity contribution is 6.30. The van der Waals surface area contributed by atoms with Crippen LogP contribution in [-0.4, -0.2) is 54.3 Å². The Hall–Kier alpha value is -2.73. The first kappa shape index (κ1) is 22.9. The molecule has 1 aliphatic rings. The molecule has 7 heteroatoms. The van der Waals surface area contributed by atoms with Gasteiger partial charge in [0.2, 0.25) is 5.91 Å². The molecular weight excluding hydrogens is 435 g/mol. The molecule has 3 rings (SSSR count). The van der Waals surface area contributed by atoms with E-state index in [0.29, 0.717) is 35.5 Å². The van der Waals surface area contributed by atoms with Gasteiger partial charge < -0.3 is 5.32 Å². The molecule has 0 spiro atoms. The lowest BCUT2D eigenvalue weighted by Gasteiger charge is -2.26. The molecule has 2 aromatic carbocycles. The maximum atomic E-state index is 13.0. The molecule has 1 N–H and O–H groups in total. The number of benzene rings is 2. The van der Waals surface area contributed by atoms with Gasteiger partial charge in [0, 0.05) is 35.5 Å². The zero-order valence-electron chi connectivity index (χ0n) is 17.0. The summed E-state index contributed by atoms with van der Waals surface area (Å²) in [6, 6.07) is 14.3. The van der Waals surface area contributed by atoms with Crippen LogP contribution in [0.3, 0.4) is 0 Å². The van der Waals surface area contributed by atoms with E-state index >= 15 is 0 Å². The van der Waals surface area contributed by atoms with E-state index in [9.17, 15) is 14.4 Å². The highest BCUT2D eigenvalue weighted by atomic mass is 35.5. The van der Waals surface area contributed by atoms with Crippen molar-refractivity contribution in [2.75, 3.05) is 37.2 Å². The number of rotatable bonds is 6. The summed E-state index contributed by atoms with van der Waals surface area (Å²) in [6.07, 6.45) is 3.72. The van der Waals surface area contributed by atoms with E-state index in [4.69, 9.17) is 23.2 Å². The van der Waals surface area contributed by atoms with Crippen LogP contribution in [-0.2, 0) is 9.59 Å². The summed E-state index contributed by atoms with van der Waals surface area (Å²) in [5.41, 5.74) is 4.29. The smallest absolute Gasteiger partial charge is 0.239 e. The maximum absolute atomic E-state index is 13.0. The zero-order chi connectivity index (χ0) is 22.4. The Morgan fingerprint density at radius 1 is 0.903 bits per heavy atom. The number of carbonyl (C=O) groups excluding carboxylic acids is 3. The quantitative estimate of drug-likeness (QED) is 0.400. The molecule has 1 aliphatic heterocycles. The highest BCUT2D eigenvalue weighted by Crippen LogP contribution is 2.22. The molecule has 0 atom stereocenters. The molecule has 1 fully saturated rings. The molecular formula is C24H22Cl2N2O3. The summed E-state index contributed by atoms with van der Waals surface area (Å²) >= 11 is 11.1. The molecule has 0 radical (unpaired) electrons. The van der Waals surface area contributed by atoms with E-state index in [2.05, 4.69) is 10.2 Å². The predicted octanol–water partition coefficient (Wildman–Crippen LogP) is 4.27. The molecule has 5 nitrogen and oxygen atoms in total. The Kier molecular flexibility index (Phi) is 7.80. The number of likely N-dealkylation sites (tertiary alicyclic amines) is 1. The summed E-state index contributed by atoms with van der Waals surface area (Å²) in [7, 11) is 1.96. The number of likely N-dealkylation sites (N-methyl/N-ethyl adjacent to an activating group) is 1. The molecule has 0 aliphatic carbocycles. The van der Waals surface area contributed by atoms with Gasteiger partial charge in [-0.25, -0.2) is 0 Å². The molecule has 0 unspecified atom stereocenters. The van der Waals surface area contributed by atoms with Gasteiger partial charge in [-0.05, 0) is 42.5 Å². The van der Waals surface area contributed by atoms with Gasteiger partial charge >= 0.3 is 0 Å². The number of Topliss-reactive ketones (excluding diaryl/α,β-unsaturated/α-hetero) is 2. The van der Waals surface area contributed by atoms with Crippen LogP contribution in [0.25, 0.3) is 12.2 Å². The molecule has 1 saturated heterocycles. The van der Waals surface area contributed by atoms with Gasteiger partial charge in [0.15, 0.2) is 11.6 Å². The molecule has 0 saturated carbocycles. The highest BCUT2D eigenvalue weighted by Gasteiger charge is 2.24. The van der Waals surface area contributed by atoms with Crippen LogP contribution in [0.15, 0.2) is 59.7 Å². The molecule has 2 aromatic rings. The van der Waals surface area contributed by atoms with Crippen LogP contribution < -0.4 is 5.32 Å². The normalized spacial score (nSPS) is 17.2. The zero-order valence-corrected chi connectivity index (χ0v) is 18.5. The number of hydrogen-bond donors (Lipinski definition) is 1.